The van der Waals surface area contributed by atoms with E-state index < -0.39 is 11.8 Å². The van der Waals surface area contributed by atoms with Crippen LogP contribution in [0.2, 0.25) is 0 Å². The van der Waals surface area contributed by atoms with E-state index in [4.69, 9.17) is 11.0 Å². The Morgan fingerprint density at radius 1 is 0.970 bits per heavy atom. The van der Waals surface area contributed by atoms with E-state index in [0.717, 1.165) is 27.5 Å². The van der Waals surface area contributed by atoms with E-state index in [0.29, 0.717) is 22.5 Å². The molecule has 0 bridgehead atoms. The second-order valence-corrected chi connectivity index (χ2v) is 7.60. The Balaban J connectivity index is 1.57. The molecule has 4 N–H and O–H groups in total. The maximum absolute atomic E-state index is 12.4. The van der Waals surface area contributed by atoms with Crippen molar-refractivity contribution in [1.82, 2.24) is 9.97 Å². The van der Waals surface area contributed by atoms with Gasteiger partial charge in [-0.15, -0.1) is 0 Å². The number of fused-ring (bicyclic) bond motifs is 1. The van der Waals surface area contributed by atoms with Gasteiger partial charge >= 0.3 is 11.8 Å². The van der Waals surface area contributed by atoms with Gasteiger partial charge in [0.2, 0.25) is 0 Å². The van der Waals surface area contributed by atoms with Crippen LogP contribution in [0, 0.1) is 25.2 Å². The zero-order valence-corrected chi connectivity index (χ0v) is 18.0. The van der Waals surface area contributed by atoms with Gasteiger partial charge in [-0.3, -0.25) is 14.6 Å². The first-order valence-electron chi connectivity index (χ1n) is 10.1. The molecule has 0 radical (unpaired) electrons. The molecule has 2 aromatic carbocycles. The van der Waals surface area contributed by atoms with Crippen LogP contribution in [0.1, 0.15) is 16.7 Å². The molecule has 0 aliphatic carbocycles. The highest BCUT2D eigenvalue weighted by molar-refractivity contribution is 6.43. The van der Waals surface area contributed by atoms with Crippen molar-refractivity contribution in [2.24, 2.45) is 0 Å². The monoisotopic (exact) mass is 436 g/mol. The summed E-state index contributed by atoms with van der Waals surface area (Å²) in [5.41, 5.74) is 11.3. The van der Waals surface area contributed by atoms with Crippen LogP contribution in [0.25, 0.3) is 21.9 Å². The molecule has 0 saturated heterocycles. The summed E-state index contributed by atoms with van der Waals surface area (Å²) >= 11 is 0. The first kappa shape index (κ1) is 21.5. The lowest BCUT2D eigenvalue weighted by molar-refractivity contribution is -0.133. The maximum Gasteiger partial charge on any atom is 0.315 e. The van der Waals surface area contributed by atoms with Gasteiger partial charge in [-0.05, 0) is 78.4 Å². The van der Waals surface area contributed by atoms with Crippen molar-refractivity contribution < 1.29 is 9.59 Å². The predicted octanol–water partition coefficient (Wildman–Crippen LogP) is 3.94. The average molecular weight is 436 g/mol. The minimum atomic E-state index is -0.863. The van der Waals surface area contributed by atoms with Crippen molar-refractivity contribution in [2.45, 2.75) is 13.8 Å². The summed E-state index contributed by atoms with van der Waals surface area (Å²) in [7, 11) is 0. The second kappa shape index (κ2) is 8.77. The Bertz CT molecular complexity index is 1460. The van der Waals surface area contributed by atoms with Gasteiger partial charge < -0.3 is 16.4 Å². The van der Waals surface area contributed by atoms with Crippen LogP contribution in [0.4, 0.5) is 17.2 Å². The van der Waals surface area contributed by atoms with Gasteiger partial charge in [0.15, 0.2) is 0 Å². The molecule has 8 nitrogen and oxygen atoms in total. The number of pyridine rings is 2. The van der Waals surface area contributed by atoms with Crippen LogP contribution in [0.15, 0.2) is 61.1 Å². The topological polar surface area (TPSA) is 134 Å². The van der Waals surface area contributed by atoms with E-state index >= 15 is 0 Å². The number of aromatic nitrogens is 2. The van der Waals surface area contributed by atoms with Crippen LogP contribution < -0.4 is 16.4 Å². The highest BCUT2D eigenvalue weighted by Crippen LogP contribution is 2.31. The molecule has 33 heavy (non-hydrogen) atoms. The third kappa shape index (κ3) is 4.48. The number of amides is 2. The van der Waals surface area contributed by atoms with Crippen LogP contribution >= 0.6 is 0 Å². The lowest BCUT2D eigenvalue weighted by Gasteiger charge is -2.11. The Morgan fingerprint density at radius 3 is 2.48 bits per heavy atom. The molecule has 162 valence electrons. The highest BCUT2D eigenvalue weighted by Gasteiger charge is 2.16. The average Bonchev–Trinajstić information content (AvgIpc) is 2.80. The minimum Gasteiger partial charge on any atom is -0.398 e. The number of nitrogen functional groups attached to an aromatic ring is 1. The zero-order chi connectivity index (χ0) is 23.5. The minimum absolute atomic E-state index is 0.221. The van der Waals surface area contributed by atoms with E-state index in [-0.39, 0.29) is 5.82 Å². The molecule has 4 aromatic rings. The fraction of sp³-hybridized carbons (Fsp3) is 0.0800. The van der Waals surface area contributed by atoms with Crippen LogP contribution in [0.5, 0.6) is 0 Å². The number of nitrogens with two attached hydrogens (primary N) is 1. The largest absolute Gasteiger partial charge is 0.398 e. The molecule has 2 amide bonds. The molecular formula is C25H20N6O2. The number of rotatable bonds is 3. The number of hydrogen-bond donors (Lipinski definition) is 3. The van der Waals surface area contributed by atoms with Crippen molar-refractivity contribution in [3.05, 3.63) is 77.7 Å². The molecule has 2 aromatic heterocycles. The molecule has 2 heterocycles. The zero-order valence-electron chi connectivity index (χ0n) is 18.0. The highest BCUT2D eigenvalue weighted by atomic mass is 16.2. The van der Waals surface area contributed by atoms with Crippen LogP contribution in [0.3, 0.4) is 0 Å². The van der Waals surface area contributed by atoms with Gasteiger partial charge in [0.05, 0.1) is 11.6 Å². The molecule has 0 aliphatic heterocycles. The first-order valence-corrected chi connectivity index (χ1v) is 10.1. The first-order chi connectivity index (χ1) is 15.9. The number of carbonyl (C=O) groups is 2. The van der Waals surface area contributed by atoms with Gasteiger partial charge in [-0.25, -0.2) is 4.98 Å². The number of carbonyl (C=O) groups excluding carboxylic acids is 2. The Kier molecular flexibility index (Phi) is 5.70. The van der Waals surface area contributed by atoms with E-state index in [1.54, 1.807) is 49.8 Å². The Morgan fingerprint density at radius 2 is 1.76 bits per heavy atom. The second-order valence-electron chi connectivity index (χ2n) is 7.60. The molecule has 0 spiro atoms. The molecule has 4 rings (SSSR count). The van der Waals surface area contributed by atoms with Crippen molar-refractivity contribution >= 4 is 39.8 Å². The van der Waals surface area contributed by atoms with E-state index in [1.807, 2.05) is 31.2 Å². The Labute approximate surface area is 190 Å². The number of nitriles is 1. The van der Waals surface area contributed by atoms with Crippen molar-refractivity contribution in [3.63, 3.8) is 0 Å². The van der Waals surface area contributed by atoms with Crippen LogP contribution in [-0.4, -0.2) is 21.8 Å². The van der Waals surface area contributed by atoms with Gasteiger partial charge in [-0.1, -0.05) is 0 Å². The van der Waals surface area contributed by atoms with E-state index in [1.165, 1.54) is 0 Å². The van der Waals surface area contributed by atoms with E-state index in [2.05, 4.69) is 20.6 Å². The van der Waals surface area contributed by atoms with E-state index in [9.17, 15) is 9.59 Å². The number of nitrogens with zero attached hydrogens (tertiary/aromatic N) is 3. The summed E-state index contributed by atoms with van der Waals surface area (Å²) < 4.78 is 0. The van der Waals surface area contributed by atoms with Crippen molar-refractivity contribution in [1.29, 1.82) is 5.26 Å². The SMILES string of the molecule is Cc1cc(C#N)ccc1NC(=O)C(=O)Nc1cc2cc(-c3cnccc3C)cc(N)c2cn1. The molecule has 0 fully saturated rings. The number of nitrogens with one attached hydrogen (secondary N) is 2. The summed E-state index contributed by atoms with van der Waals surface area (Å²) in [6.07, 6.45) is 5.06. The number of benzene rings is 2. The summed E-state index contributed by atoms with van der Waals surface area (Å²) in [6.45, 7) is 3.73. The summed E-state index contributed by atoms with van der Waals surface area (Å²) in [5.74, 6) is -1.49. The summed E-state index contributed by atoms with van der Waals surface area (Å²) in [4.78, 5) is 33.2. The third-order valence-electron chi connectivity index (χ3n) is 5.27. The fourth-order valence-electron chi connectivity index (χ4n) is 3.50. The quantitative estimate of drug-likeness (QED) is 0.329. The van der Waals surface area contributed by atoms with Gasteiger partial charge in [0.1, 0.15) is 5.82 Å². The Hall–Kier alpha value is -4.77. The molecule has 0 aliphatic rings. The predicted molar refractivity (Wildman–Crippen MR) is 127 cm³/mol. The third-order valence-corrected chi connectivity index (χ3v) is 5.27. The summed E-state index contributed by atoms with van der Waals surface area (Å²) in [5, 5.41) is 15.5. The lowest BCUT2D eigenvalue weighted by Crippen LogP contribution is -2.29. The van der Waals surface area contributed by atoms with Crippen molar-refractivity contribution in [3.8, 4) is 17.2 Å². The molecule has 0 atom stereocenters. The standard InChI is InChI=1S/C25H20N6O2/c1-14-5-6-28-12-19(14)17-8-18-10-23(29-13-20(18)21(27)9-17)31-25(33)24(32)30-22-4-3-16(11-26)7-15(22)2/h3-10,12-13H,27H2,1-2H3,(H,30,32)(H,29,31,33). The molecule has 0 unspecified atom stereocenters. The van der Waals surface area contributed by atoms with Gasteiger partial charge in [-0.2, -0.15) is 5.26 Å². The lowest BCUT2D eigenvalue weighted by atomic mass is 9.99. The number of anilines is 3. The molecular weight excluding hydrogens is 416 g/mol. The fourth-order valence-corrected chi connectivity index (χ4v) is 3.50. The molecule has 8 heteroatoms. The number of aryl methyl sites for hydroxylation is 2. The molecule has 0 saturated carbocycles. The van der Waals surface area contributed by atoms with Crippen LogP contribution in [-0.2, 0) is 9.59 Å². The maximum atomic E-state index is 12.4. The smallest absolute Gasteiger partial charge is 0.315 e. The summed E-state index contributed by atoms with van der Waals surface area (Å²) in [6, 6.07) is 14.2. The van der Waals surface area contributed by atoms with Crippen molar-refractivity contribution in [2.75, 3.05) is 16.4 Å². The van der Waals surface area contributed by atoms with Gasteiger partial charge in [0, 0.05) is 40.9 Å². The normalized spacial score (nSPS) is 10.5. The van der Waals surface area contributed by atoms with Gasteiger partial charge in [0.25, 0.3) is 0 Å². The number of hydrogen-bond acceptors (Lipinski definition) is 6.